The Balaban J connectivity index is -0.000000183. The quantitative estimate of drug-likeness (QED) is 0.549. The van der Waals surface area contributed by atoms with Gasteiger partial charge in [-0.25, -0.2) is 0 Å². The molecule has 5 nitrogen and oxygen atoms in total. The summed E-state index contributed by atoms with van der Waals surface area (Å²) >= 11 is 1.06. The first-order valence-corrected chi connectivity index (χ1v) is 5.73. The van der Waals surface area contributed by atoms with Gasteiger partial charge >= 0.3 is 20.7 Å². The molecule has 98 valence electrons. The molecule has 0 spiro atoms. The van der Waals surface area contributed by atoms with Crippen LogP contribution in [-0.2, 0) is 20.7 Å². The Hall–Kier alpha value is 0.384. The average molecular weight is 275 g/mol. The zero-order valence-electron chi connectivity index (χ0n) is 10.4. The molecule has 0 aliphatic carbocycles. The van der Waals surface area contributed by atoms with E-state index in [4.69, 9.17) is 23.9 Å². The molecule has 0 aromatic heterocycles. The molecule has 0 saturated carbocycles. The molecule has 0 aromatic carbocycles. The summed E-state index contributed by atoms with van der Waals surface area (Å²) in [5.41, 5.74) is 0. The number of rotatable bonds is 4. The molecule has 0 aromatic rings. The fraction of sp³-hybridized carbons (Fsp3) is 1.00. The number of hydrogen-bond acceptors (Lipinski definition) is 4. The van der Waals surface area contributed by atoms with Gasteiger partial charge in [-0.05, 0) is 40.5 Å². The molecule has 4 atom stereocenters. The Morgan fingerprint density at radius 2 is 0.812 bits per heavy atom. The van der Waals surface area contributed by atoms with Gasteiger partial charge in [0.15, 0.2) is 0 Å². The molecular formula is C10H24O5V+. The van der Waals surface area contributed by atoms with Crippen molar-refractivity contribution in [1.29, 1.82) is 0 Å². The van der Waals surface area contributed by atoms with Gasteiger partial charge in [0, 0.05) is 0 Å². The van der Waals surface area contributed by atoms with E-state index in [-0.39, 0.29) is 24.4 Å². The van der Waals surface area contributed by atoms with Gasteiger partial charge in [0.25, 0.3) is 0 Å². The van der Waals surface area contributed by atoms with Crippen molar-refractivity contribution in [2.24, 2.45) is 0 Å². The van der Waals surface area contributed by atoms with Crippen molar-refractivity contribution in [3.63, 3.8) is 0 Å². The maximum atomic E-state index is 8.56. The summed E-state index contributed by atoms with van der Waals surface area (Å²) in [5, 5.41) is 34.3. The molecule has 0 saturated heterocycles. The zero-order valence-corrected chi connectivity index (χ0v) is 11.8. The van der Waals surface area contributed by atoms with Gasteiger partial charge in [-0.2, -0.15) is 0 Å². The minimum absolute atomic E-state index is 0.375. The van der Waals surface area contributed by atoms with E-state index in [0.29, 0.717) is 12.8 Å². The van der Waals surface area contributed by atoms with Crippen molar-refractivity contribution >= 4 is 0 Å². The summed E-state index contributed by atoms with van der Waals surface area (Å²) in [4.78, 5) is 0. The predicted octanol–water partition coefficient (Wildman–Crippen LogP) is 0.155. The molecule has 0 radical (unpaired) electrons. The van der Waals surface area contributed by atoms with Gasteiger partial charge in [0.2, 0.25) is 0 Å². The Bertz CT molecular complexity index is 119. The Labute approximate surface area is 106 Å². The zero-order chi connectivity index (χ0) is 13.7. The van der Waals surface area contributed by atoms with Crippen LogP contribution in [0.25, 0.3) is 0 Å². The standard InChI is InChI=1S/2C5H12O2.O.V/c2*1-4(6)3-5(2)7;;/h2*4-7H,3H2,1-2H3;;/q;;+1;/t4-,5?;;;/m0.../s1. The second-order valence-corrected chi connectivity index (χ2v) is 3.87. The van der Waals surface area contributed by atoms with E-state index in [1.807, 2.05) is 0 Å². The van der Waals surface area contributed by atoms with Crippen LogP contribution >= 0.6 is 0 Å². The molecule has 0 heterocycles. The topological polar surface area (TPSA) is 101 Å². The van der Waals surface area contributed by atoms with Gasteiger partial charge in [-0.15, -0.1) is 0 Å². The summed E-state index contributed by atoms with van der Waals surface area (Å²) in [7, 11) is 0. The van der Waals surface area contributed by atoms with E-state index in [9.17, 15) is 0 Å². The Kier molecular flexibility index (Phi) is 20.8. The fourth-order valence-corrected chi connectivity index (χ4v) is 0.987. The molecule has 0 aliphatic heterocycles. The first-order valence-electron chi connectivity index (χ1n) is 5.16. The molecule has 0 bridgehead atoms. The molecular weight excluding hydrogens is 251 g/mol. The van der Waals surface area contributed by atoms with E-state index in [1.54, 1.807) is 27.7 Å². The van der Waals surface area contributed by atoms with Crippen LogP contribution in [0.2, 0.25) is 0 Å². The molecule has 3 unspecified atom stereocenters. The molecule has 4 N–H and O–H groups in total. The van der Waals surface area contributed by atoms with Gasteiger partial charge in [0.1, 0.15) is 0 Å². The first kappa shape index (κ1) is 21.6. The summed E-state index contributed by atoms with van der Waals surface area (Å²) in [6.45, 7) is 6.64. The van der Waals surface area contributed by atoms with Crippen molar-refractivity contribution in [2.45, 2.75) is 65.0 Å². The van der Waals surface area contributed by atoms with Crippen molar-refractivity contribution in [1.82, 2.24) is 0 Å². The fourth-order valence-electron chi connectivity index (χ4n) is 0.987. The van der Waals surface area contributed by atoms with Crippen LogP contribution in [0.3, 0.4) is 0 Å². The molecule has 0 aliphatic rings. The third-order valence-corrected chi connectivity index (χ3v) is 1.36. The van der Waals surface area contributed by atoms with E-state index >= 15 is 0 Å². The molecule has 0 rings (SSSR count). The summed E-state index contributed by atoms with van der Waals surface area (Å²) in [5.74, 6) is 0. The summed E-state index contributed by atoms with van der Waals surface area (Å²) in [6.07, 6.45) is -0.556. The molecule has 16 heavy (non-hydrogen) atoms. The average Bonchev–Trinajstić information content (AvgIpc) is 2.03. The van der Waals surface area contributed by atoms with E-state index in [0.717, 1.165) is 17.2 Å². The van der Waals surface area contributed by atoms with Crippen LogP contribution in [0.15, 0.2) is 0 Å². The predicted molar refractivity (Wildman–Crippen MR) is 56.6 cm³/mol. The van der Waals surface area contributed by atoms with E-state index < -0.39 is 0 Å². The SMILES string of the molecule is CC(O)CC(C)O.CC(O)C[C@H](C)O.[O+]#[V]. The molecule has 6 heteroatoms. The molecule has 0 fully saturated rings. The van der Waals surface area contributed by atoms with Crippen molar-refractivity contribution < 1.29 is 41.1 Å². The first-order chi connectivity index (χ1) is 7.25. The van der Waals surface area contributed by atoms with Crippen LogP contribution in [0.5, 0.6) is 0 Å². The third-order valence-electron chi connectivity index (χ3n) is 1.36. The second kappa shape index (κ2) is 15.4. The minimum atomic E-state index is -0.375. The maximum absolute atomic E-state index is 8.56. The third kappa shape index (κ3) is 36.7. The monoisotopic (exact) mass is 275 g/mol. The Morgan fingerprint density at radius 1 is 0.688 bits per heavy atom. The second-order valence-electron chi connectivity index (χ2n) is 3.87. The molecule has 0 amide bonds. The van der Waals surface area contributed by atoms with Crippen molar-refractivity contribution in [3.05, 3.63) is 0 Å². The van der Waals surface area contributed by atoms with Gasteiger partial charge < -0.3 is 20.4 Å². The van der Waals surface area contributed by atoms with Crippen molar-refractivity contribution in [2.75, 3.05) is 0 Å². The van der Waals surface area contributed by atoms with Crippen LogP contribution in [0, 0.1) is 0 Å². The van der Waals surface area contributed by atoms with Gasteiger partial charge in [-0.1, -0.05) is 0 Å². The van der Waals surface area contributed by atoms with Gasteiger partial charge in [0.05, 0.1) is 24.4 Å². The van der Waals surface area contributed by atoms with E-state index in [1.165, 1.54) is 0 Å². The normalized spacial score (nSPS) is 16.6. The summed E-state index contributed by atoms with van der Waals surface area (Å²) < 4.78 is 8.19. The van der Waals surface area contributed by atoms with Crippen LogP contribution in [0.4, 0.5) is 0 Å². The van der Waals surface area contributed by atoms with Crippen LogP contribution < -0.4 is 0 Å². The number of aliphatic hydroxyl groups excluding tert-OH is 4. The summed E-state index contributed by atoms with van der Waals surface area (Å²) in [6, 6.07) is 0. The van der Waals surface area contributed by atoms with Crippen LogP contribution in [-0.4, -0.2) is 44.8 Å². The van der Waals surface area contributed by atoms with Gasteiger partial charge in [-0.3, -0.25) is 0 Å². The Morgan fingerprint density at radius 3 is 0.812 bits per heavy atom. The van der Waals surface area contributed by atoms with E-state index in [2.05, 4.69) is 0 Å². The number of hydrogen-bond donors (Lipinski definition) is 4. The van der Waals surface area contributed by atoms with Crippen molar-refractivity contribution in [3.8, 4) is 0 Å². The number of aliphatic hydroxyl groups is 4. The van der Waals surface area contributed by atoms with Crippen LogP contribution in [0.1, 0.15) is 40.5 Å².